The van der Waals surface area contributed by atoms with Crippen LogP contribution < -0.4 is 0 Å². The monoisotopic (exact) mass is 212 g/mol. The molecule has 0 saturated heterocycles. The fourth-order valence-corrected chi connectivity index (χ4v) is 0.983. The first-order valence-corrected chi connectivity index (χ1v) is 4.33. The molecule has 0 spiro atoms. The van der Waals surface area contributed by atoms with Gasteiger partial charge in [0.05, 0.1) is 6.61 Å². The molecule has 0 aliphatic heterocycles. The van der Waals surface area contributed by atoms with E-state index in [0.29, 0.717) is 0 Å². The largest absolute Gasteiger partial charge is 0.508 e. The third-order valence-electron chi connectivity index (χ3n) is 1.72. The Morgan fingerprint density at radius 2 is 2.07 bits per heavy atom. The number of carbonyl (C=O) groups is 1. The molecule has 0 aliphatic carbocycles. The summed E-state index contributed by atoms with van der Waals surface area (Å²) in [5.74, 6) is -1.03. The van der Waals surface area contributed by atoms with E-state index in [-0.39, 0.29) is 30.3 Å². The van der Waals surface area contributed by atoms with Crippen molar-refractivity contribution in [3.05, 3.63) is 23.8 Å². The summed E-state index contributed by atoms with van der Waals surface area (Å²) in [6.07, 6.45) is 0. The molecule has 0 aliphatic rings. The minimum atomic E-state index is -0.694. The average molecular weight is 212 g/mol. The van der Waals surface area contributed by atoms with Crippen LogP contribution in [0.5, 0.6) is 11.5 Å². The third kappa shape index (κ3) is 3.14. The second kappa shape index (κ2) is 5.21. The van der Waals surface area contributed by atoms with E-state index in [1.54, 1.807) is 0 Å². The summed E-state index contributed by atoms with van der Waals surface area (Å²) in [6, 6.07) is 3.65. The van der Waals surface area contributed by atoms with Gasteiger partial charge in [0.1, 0.15) is 23.7 Å². The Hall–Kier alpha value is -1.75. The number of hydrogen-bond donors (Lipinski definition) is 2. The number of methoxy groups -OCH3 is 1. The van der Waals surface area contributed by atoms with Crippen LogP contribution >= 0.6 is 0 Å². The van der Waals surface area contributed by atoms with Gasteiger partial charge in [0, 0.05) is 7.11 Å². The number of phenolic OH excluding ortho intramolecular Hbond substituents is 2. The summed E-state index contributed by atoms with van der Waals surface area (Å²) in [7, 11) is 1.49. The topological polar surface area (TPSA) is 76.0 Å². The van der Waals surface area contributed by atoms with E-state index in [2.05, 4.69) is 0 Å². The summed E-state index contributed by atoms with van der Waals surface area (Å²) < 4.78 is 9.46. The number of carbonyl (C=O) groups excluding carboxylic acids is 1. The van der Waals surface area contributed by atoms with Gasteiger partial charge in [-0.3, -0.25) is 0 Å². The fourth-order valence-electron chi connectivity index (χ4n) is 0.983. The Morgan fingerprint density at radius 3 is 2.73 bits per heavy atom. The number of phenols is 2. The second-order valence-corrected chi connectivity index (χ2v) is 2.83. The highest BCUT2D eigenvalue weighted by atomic mass is 16.6. The second-order valence-electron chi connectivity index (χ2n) is 2.83. The maximum Gasteiger partial charge on any atom is 0.342 e. The zero-order chi connectivity index (χ0) is 11.3. The zero-order valence-corrected chi connectivity index (χ0v) is 8.27. The van der Waals surface area contributed by atoms with Crippen LogP contribution in [0.25, 0.3) is 0 Å². The SMILES string of the molecule is COCCOC(=O)c1cc(O)ccc1O. The lowest BCUT2D eigenvalue weighted by atomic mass is 10.2. The van der Waals surface area contributed by atoms with Crippen molar-refractivity contribution in [2.24, 2.45) is 0 Å². The van der Waals surface area contributed by atoms with E-state index in [1.807, 2.05) is 0 Å². The quantitative estimate of drug-likeness (QED) is 0.440. The molecule has 0 aromatic heterocycles. The zero-order valence-electron chi connectivity index (χ0n) is 8.27. The summed E-state index contributed by atoms with van der Waals surface area (Å²) in [4.78, 5) is 11.3. The molecule has 15 heavy (non-hydrogen) atoms. The van der Waals surface area contributed by atoms with Gasteiger partial charge in [-0.1, -0.05) is 0 Å². The van der Waals surface area contributed by atoms with Gasteiger partial charge >= 0.3 is 5.97 Å². The molecule has 1 aromatic rings. The minimum absolute atomic E-state index is 0.0638. The molecule has 0 heterocycles. The Labute approximate surface area is 86.9 Å². The molecule has 2 N–H and O–H groups in total. The Bertz CT molecular complexity index is 348. The van der Waals surface area contributed by atoms with Crippen molar-refractivity contribution in [3.8, 4) is 11.5 Å². The van der Waals surface area contributed by atoms with Gasteiger partial charge in [-0.25, -0.2) is 4.79 Å². The first-order chi connectivity index (χ1) is 7.15. The van der Waals surface area contributed by atoms with E-state index >= 15 is 0 Å². The average Bonchev–Trinajstić information content (AvgIpc) is 2.22. The van der Waals surface area contributed by atoms with Crippen LogP contribution in [0, 0.1) is 0 Å². The maximum atomic E-state index is 11.3. The predicted molar refractivity (Wildman–Crippen MR) is 51.9 cm³/mol. The molecular formula is C10H12O5. The molecule has 5 nitrogen and oxygen atoms in total. The molecule has 0 fully saturated rings. The molecule has 82 valence electrons. The van der Waals surface area contributed by atoms with Gasteiger partial charge < -0.3 is 19.7 Å². The first-order valence-electron chi connectivity index (χ1n) is 4.33. The smallest absolute Gasteiger partial charge is 0.342 e. The van der Waals surface area contributed by atoms with Crippen molar-refractivity contribution in [2.45, 2.75) is 0 Å². The van der Waals surface area contributed by atoms with Crippen LogP contribution in [-0.4, -0.2) is 36.5 Å². The number of rotatable bonds is 4. The number of aromatic hydroxyl groups is 2. The number of ether oxygens (including phenoxy) is 2. The molecule has 0 radical (unpaired) electrons. The highest BCUT2D eigenvalue weighted by molar-refractivity contribution is 5.92. The summed E-state index contributed by atoms with van der Waals surface area (Å²) in [5.41, 5.74) is -0.0638. The molecule has 0 saturated carbocycles. The molecule has 5 heteroatoms. The van der Waals surface area contributed by atoms with E-state index < -0.39 is 5.97 Å². The Kier molecular flexibility index (Phi) is 3.93. The van der Waals surface area contributed by atoms with Crippen molar-refractivity contribution in [1.29, 1.82) is 0 Å². The molecule has 0 atom stereocenters. The molecule has 0 bridgehead atoms. The highest BCUT2D eigenvalue weighted by Crippen LogP contribution is 2.22. The van der Waals surface area contributed by atoms with Crippen molar-refractivity contribution in [3.63, 3.8) is 0 Å². The summed E-state index contributed by atoms with van der Waals surface area (Å²) in [6.45, 7) is 0.385. The molecular weight excluding hydrogens is 200 g/mol. The lowest BCUT2D eigenvalue weighted by Crippen LogP contribution is -2.09. The van der Waals surface area contributed by atoms with Crippen molar-refractivity contribution in [1.82, 2.24) is 0 Å². The number of benzene rings is 1. The highest BCUT2D eigenvalue weighted by Gasteiger charge is 2.12. The van der Waals surface area contributed by atoms with Crippen LogP contribution in [0.3, 0.4) is 0 Å². The van der Waals surface area contributed by atoms with Gasteiger partial charge in [0.2, 0.25) is 0 Å². The van der Waals surface area contributed by atoms with Crippen LogP contribution in [0.15, 0.2) is 18.2 Å². The molecule has 1 aromatic carbocycles. The van der Waals surface area contributed by atoms with Crippen molar-refractivity contribution in [2.75, 3.05) is 20.3 Å². The fraction of sp³-hybridized carbons (Fsp3) is 0.300. The van der Waals surface area contributed by atoms with E-state index in [9.17, 15) is 9.90 Å². The number of esters is 1. The summed E-state index contributed by atoms with van der Waals surface area (Å²) in [5, 5.41) is 18.4. The lowest BCUT2D eigenvalue weighted by molar-refractivity contribution is 0.0384. The molecule has 1 rings (SSSR count). The van der Waals surface area contributed by atoms with Gasteiger partial charge in [-0.15, -0.1) is 0 Å². The minimum Gasteiger partial charge on any atom is -0.508 e. The number of hydrogen-bond acceptors (Lipinski definition) is 5. The van der Waals surface area contributed by atoms with Gasteiger partial charge in [-0.2, -0.15) is 0 Å². The van der Waals surface area contributed by atoms with E-state index in [4.69, 9.17) is 14.6 Å². The first kappa shape index (κ1) is 11.3. The van der Waals surface area contributed by atoms with E-state index in [1.165, 1.54) is 19.2 Å². The van der Waals surface area contributed by atoms with Crippen molar-refractivity contribution < 1.29 is 24.5 Å². The predicted octanol–water partition coefficient (Wildman–Crippen LogP) is 0.901. The third-order valence-corrected chi connectivity index (χ3v) is 1.72. The van der Waals surface area contributed by atoms with Crippen LogP contribution in [0.4, 0.5) is 0 Å². The van der Waals surface area contributed by atoms with Gasteiger partial charge in [0.15, 0.2) is 0 Å². The van der Waals surface area contributed by atoms with Crippen LogP contribution in [0.1, 0.15) is 10.4 Å². The Morgan fingerprint density at radius 1 is 1.33 bits per heavy atom. The molecule has 0 unspecified atom stereocenters. The molecule has 0 amide bonds. The Balaban J connectivity index is 2.68. The van der Waals surface area contributed by atoms with Crippen LogP contribution in [0.2, 0.25) is 0 Å². The van der Waals surface area contributed by atoms with Gasteiger partial charge in [-0.05, 0) is 18.2 Å². The normalized spacial score (nSPS) is 9.93. The van der Waals surface area contributed by atoms with Gasteiger partial charge in [0.25, 0.3) is 0 Å². The van der Waals surface area contributed by atoms with Crippen molar-refractivity contribution >= 4 is 5.97 Å². The lowest BCUT2D eigenvalue weighted by Gasteiger charge is -2.05. The van der Waals surface area contributed by atoms with E-state index in [0.717, 1.165) is 6.07 Å². The standard InChI is InChI=1S/C10H12O5/c1-14-4-5-15-10(13)8-6-7(11)2-3-9(8)12/h2-3,6,11-12H,4-5H2,1H3. The van der Waals surface area contributed by atoms with Crippen LogP contribution in [-0.2, 0) is 9.47 Å². The summed E-state index contributed by atoms with van der Waals surface area (Å²) >= 11 is 0. The maximum absolute atomic E-state index is 11.3.